The number of nitrogens with one attached hydrogen (secondary N) is 1. The number of para-hydroxylation sites is 1. The third kappa shape index (κ3) is 5.35. The Bertz CT molecular complexity index is 656. The lowest BCUT2D eigenvalue weighted by Crippen LogP contribution is -2.32. The second-order valence-corrected chi connectivity index (χ2v) is 4.84. The topological polar surface area (TPSA) is 90.7 Å². The minimum absolute atomic E-state index is 0.289. The van der Waals surface area contributed by atoms with Crippen LogP contribution in [0.3, 0.4) is 0 Å². The molecule has 23 heavy (non-hydrogen) atoms. The molecule has 0 aromatic heterocycles. The zero-order valence-corrected chi connectivity index (χ0v) is 12.7. The van der Waals surface area contributed by atoms with E-state index in [4.69, 9.17) is 15.2 Å². The lowest BCUT2D eigenvalue weighted by Gasteiger charge is -2.11. The fourth-order valence-corrected chi connectivity index (χ4v) is 1.75. The molecule has 0 aliphatic rings. The molecule has 2 aromatic rings. The maximum absolute atomic E-state index is 11.5. The Morgan fingerprint density at radius 3 is 2.26 bits per heavy atom. The summed E-state index contributed by atoms with van der Waals surface area (Å²) in [6.07, 6.45) is -0.969. The molecule has 0 bridgehead atoms. The van der Waals surface area contributed by atoms with E-state index < -0.39 is 18.0 Å². The van der Waals surface area contributed by atoms with Gasteiger partial charge in [-0.2, -0.15) is 0 Å². The standard InChI is InChI=1S/C17H18N2O4/c1-12(17(18)21)23-16(20)11-22-15-9-7-14(8-10-15)19-13-5-3-2-4-6-13/h2-10,12,19H,11H2,1H3,(H2,18,21)/t12-/m1/s1. The van der Waals surface area contributed by atoms with E-state index in [9.17, 15) is 9.59 Å². The maximum Gasteiger partial charge on any atom is 0.344 e. The minimum Gasteiger partial charge on any atom is -0.482 e. The molecule has 1 amide bonds. The van der Waals surface area contributed by atoms with Crippen LogP contribution >= 0.6 is 0 Å². The third-order valence-electron chi connectivity index (χ3n) is 2.98. The molecular formula is C17H18N2O4. The Kier molecular flexibility index (Phi) is 5.57. The van der Waals surface area contributed by atoms with Crippen LogP contribution in [-0.4, -0.2) is 24.6 Å². The van der Waals surface area contributed by atoms with Crippen molar-refractivity contribution in [3.8, 4) is 5.75 Å². The predicted molar refractivity (Wildman–Crippen MR) is 86.4 cm³/mol. The Labute approximate surface area is 134 Å². The SMILES string of the molecule is C[C@@H](OC(=O)COc1ccc(Nc2ccccc2)cc1)C(N)=O. The molecule has 6 nitrogen and oxygen atoms in total. The average molecular weight is 314 g/mol. The van der Waals surface area contributed by atoms with Gasteiger partial charge in [0.05, 0.1) is 0 Å². The maximum atomic E-state index is 11.5. The van der Waals surface area contributed by atoms with E-state index in [0.717, 1.165) is 11.4 Å². The van der Waals surface area contributed by atoms with Crippen LogP contribution in [0.1, 0.15) is 6.92 Å². The van der Waals surface area contributed by atoms with Gasteiger partial charge >= 0.3 is 5.97 Å². The molecule has 0 saturated heterocycles. The van der Waals surface area contributed by atoms with Crippen molar-refractivity contribution in [2.75, 3.05) is 11.9 Å². The van der Waals surface area contributed by atoms with Gasteiger partial charge in [0.1, 0.15) is 5.75 Å². The third-order valence-corrected chi connectivity index (χ3v) is 2.98. The number of esters is 1. The molecule has 0 aliphatic heterocycles. The van der Waals surface area contributed by atoms with E-state index in [1.807, 2.05) is 42.5 Å². The number of carbonyl (C=O) groups is 2. The first-order valence-electron chi connectivity index (χ1n) is 7.08. The molecule has 120 valence electrons. The average Bonchev–Trinajstić information content (AvgIpc) is 2.55. The molecule has 0 heterocycles. The second kappa shape index (κ2) is 7.84. The van der Waals surface area contributed by atoms with Crippen LogP contribution in [0.25, 0.3) is 0 Å². The van der Waals surface area contributed by atoms with Crippen LogP contribution in [-0.2, 0) is 14.3 Å². The number of amides is 1. The Morgan fingerprint density at radius 1 is 1.04 bits per heavy atom. The zero-order valence-electron chi connectivity index (χ0n) is 12.7. The highest BCUT2D eigenvalue weighted by Gasteiger charge is 2.14. The normalized spacial score (nSPS) is 11.3. The molecule has 0 aliphatic carbocycles. The molecule has 2 rings (SSSR count). The Balaban J connectivity index is 1.83. The van der Waals surface area contributed by atoms with Gasteiger partial charge in [0.25, 0.3) is 5.91 Å². The van der Waals surface area contributed by atoms with E-state index in [2.05, 4.69) is 5.32 Å². The molecule has 0 saturated carbocycles. The number of primary amides is 1. The van der Waals surface area contributed by atoms with Crippen LogP contribution in [0.15, 0.2) is 54.6 Å². The summed E-state index contributed by atoms with van der Waals surface area (Å²) in [6, 6.07) is 16.9. The number of anilines is 2. The Morgan fingerprint density at radius 2 is 1.65 bits per heavy atom. The van der Waals surface area contributed by atoms with E-state index in [0.29, 0.717) is 5.75 Å². The summed E-state index contributed by atoms with van der Waals surface area (Å²) < 4.78 is 10.1. The molecule has 1 atom stereocenters. The van der Waals surface area contributed by atoms with E-state index >= 15 is 0 Å². The fourth-order valence-electron chi connectivity index (χ4n) is 1.75. The van der Waals surface area contributed by atoms with Crippen molar-refractivity contribution in [2.24, 2.45) is 5.73 Å². The van der Waals surface area contributed by atoms with Gasteiger partial charge in [-0.05, 0) is 43.3 Å². The van der Waals surface area contributed by atoms with Gasteiger partial charge in [-0.1, -0.05) is 18.2 Å². The van der Waals surface area contributed by atoms with Gasteiger partial charge in [0, 0.05) is 11.4 Å². The number of ether oxygens (including phenoxy) is 2. The molecule has 3 N–H and O–H groups in total. The molecular weight excluding hydrogens is 296 g/mol. The van der Waals surface area contributed by atoms with Crippen molar-refractivity contribution in [1.82, 2.24) is 0 Å². The van der Waals surface area contributed by atoms with E-state index in [1.165, 1.54) is 6.92 Å². The van der Waals surface area contributed by atoms with Crippen LogP contribution in [0, 0.1) is 0 Å². The van der Waals surface area contributed by atoms with Crippen LogP contribution in [0.2, 0.25) is 0 Å². The van der Waals surface area contributed by atoms with Gasteiger partial charge in [-0.3, -0.25) is 4.79 Å². The summed E-state index contributed by atoms with van der Waals surface area (Å²) in [4.78, 5) is 22.3. The summed E-state index contributed by atoms with van der Waals surface area (Å²) in [7, 11) is 0. The number of carbonyl (C=O) groups excluding carboxylic acids is 2. The largest absolute Gasteiger partial charge is 0.482 e. The zero-order chi connectivity index (χ0) is 16.7. The summed E-state index contributed by atoms with van der Waals surface area (Å²) in [5.41, 5.74) is 6.88. The van der Waals surface area contributed by atoms with Gasteiger partial charge in [-0.15, -0.1) is 0 Å². The monoisotopic (exact) mass is 314 g/mol. The first kappa shape index (κ1) is 16.4. The fraction of sp³-hybridized carbons (Fsp3) is 0.176. The molecule has 2 aromatic carbocycles. The van der Waals surface area contributed by atoms with Gasteiger partial charge in [0.2, 0.25) is 0 Å². The number of rotatable bonds is 7. The van der Waals surface area contributed by atoms with Crippen molar-refractivity contribution in [1.29, 1.82) is 0 Å². The molecule has 0 spiro atoms. The van der Waals surface area contributed by atoms with Crippen LogP contribution < -0.4 is 15.8 Å². The summed E-state index contributed by atoms with van der Waals surface area (Å²) in [6.45, 7) is 1.12. The summed E-state index contributed by atoms with van der Waals surface area (Å²) >= 11 is 0. The smallest absolute Gasteiger partial charge is 0.344 e. The van der Waals surface area contributed by atoms with Gasteiger partial charge in [-0.25, -0.2) is 4.79 Å². The first-order chi connectivity index (χ1) is 11.0. The van der Waals surface area contributed by atoms with Crippen molar-refractivity contribution in [2.45, 2.75) is 13.0 Å². The number of benzene rings is 2. The van der Waals surface area contributed by atoms with Crippen LogP contribution in [0.5, 0.6) is 5.75 Å². The second-order valence-electron chi connectivity index (χ2n) is 4.84. The molecule has 0 unspecified atom stereocenters. The van der Waals surface area contributed by atoms with Gasteiger partial charge < -0.3 is 20.5 Å². The van der Waals surface area contributed by atoms with Gasteiger partial charge in [0.15, 0.2) is 12.7 Å². The minimum atomic E-state index is -0.969. The molecule has 6 heteroatoms. The number of hydrogen-bond acceptors (Lipinski definition) is 5. The van der Waals surface area contributed by atoms with Crippen molar-refractivity contribution < 1.29 is 19.1 Å². The van der Waals surface area contributed by atoms with E-state index in [-0.39, 0.29) is 6.61 Å². The number of nitrogens with two attached hydrogens (primary N) is 1. The Hall–Kier alpha value is -3.02. The summed E-state index contributed by atoms with van der Waals surface area (Å²) in [5, 5.41) is 3.24. The molecule has 0 radical (unpaired) electrons. The highest BCUT2D eigenvalue weighted by Crippen LogP contribution is 2.19. The van der Waals surface area contributed by atoms with Crippen molar-refractivity contribution >= 4 is 23.3 Å². The summed E-state index contributed by atoms with van der Waals surface area (Å²) in [5.74, 6) is -0.829. The highest BCUT2D eigenvalue weighted by atomic mass is 16.6. The van der Waals surface area contributed by atoms with Crippen molar-refractivity contribution in [3.05, 3.63) is 54.6 Å². The quantitative estimate of drug-likeness (QED) is 0.765. The van der Waals surface area contributed by atoms with Crippen molar-refractivity contribution in [3.63, 3.8) is 0 Å². The van der Waals surface area contributed by atoms with Crippen LogP contribution in [0.4, 0.5) is 11.4 Å². The molecule has 0 fully saturated rings. The van der Waals surface area contributed by atoms with E-state index in [1.54, 1.807) is 12.1 Å². The highest BCUT2D eigenvalue weighted by molar-refractivity contribution is 5.82. The lowest BCUT2D eigenvalue weighted by atomic mass is 10.2. The lowest BCUT2D eigenvalue weighted by molar-refractivity contribution is -0.155. The number of hydrogen-bond donors (Lipinski definition) is 2. The predicted octanol–water partition coefficient (Wildman–Crippen LogP) is 2.23. The first-order valence-corrected chi connectivity index (χ1v) is 7.08.